The number of hydrogen-bond donors (Lipinski definition) is 0. The molecule has 1 aliphatic heterocycles. The van der Waals surface area contributed by atoms with Gasteiger partial charge in [0.25, 0.3) is 0 Å². The average Bonchev–Trinajstić information content (AvgIpc) is 2.91. The number of carbonyl (C=O) groups is 1. The Morgan fingerprint density at radius 2 is 1.74 bits per heavy atom. The van der Waals surface area contributed by atoms with E-state index < -0.39 is 21.6 Å². The largest absolute Gasteiger partial charge is 0.419 e. The lowest BCUT2D eigenvalue weighted by molar-refractivity contribution is -0.131. The van der Waals surface area contributed by atoms with Gasteiger partial charge in [0, 0.05) is 39.1 Å². The van der Waals surface area contributed by atoms with Gasteiger partial charge in [0.05, 0.1) is 10.4 Å². The van der Waals surface area contributed by atoms with E-state index in [1.54, 1.807) is 29.2 Å². The molecule has 31 heavy (non-hydrogen) atoms. The number of benzene rings is 2. The minimum atomic E-state index is -3.76. The third-order valence-electron chi connectivity index (χ3n) is 5.38. The summed E-state index contributed by atoms with van der Waals surface area (Å²) in [5.41, 5.74) is 1.10. The van der Waals surface area contributed by atoms with Crippen LogP contribution in [0.2, 0.25) is 0 Å². The quantitative estimate of drug-likeness (QED) is 0.597. The Bertz CT molecular complexity index is 1250. The topological polar surface area (TPSA) is 92.8 Å². The van der Waals surface area contributed by atoms with Crippen LogP contribution in [0.3, 0.4) is 0 Å². The van der Waals surface area contributed by atoms with E-state index >= 15 is 0 Å². The van der Waals surface area contributed by atoms with Crippen LogP contribution in [0.1, 0.15) is 12.8 Å². The van der Waals surface area contributed by atoms with Gasteiger partial charge in [0.15, 0.2) is 5.58 Å². The summed E-state index contributed by atoms with van der Waals surface area (Å²) in [5, 5.41) is 0. The summed E-state index contributed by atoms with van der Waals surface area (Å²) in [6.07, 6.45) is 0.592. The number of fused-ring (bicyclic) bond motifs is 1. The number of sulfonamides is 1. The molecular formula is C21H22FN3O5S. The number of carbonyl (C=O) groups excluding carboxylic acids is 1. The maximum absolute atomic E-state index is 13.1. The zero-order chi connectivity index (χ0) is 22.0. The number of halogens is 1. The average molecular weight is 447 g/mol. The number of amides is 1. The molecule has 0 spiro atoms. The van der Waals surface area contributed by atoms with Crippen LogP contribution in [-0.4, -0.2) is 54.3 Å². The molecular weight excluding hydrogens is 425 g/mol. The summed E-state index contributed by atoms with van der Waals surface area (Å²) in [7, 11) is -3.76. The molecule has 0 saturated carbocycles. The van der Waals surface area contributed by atoms with Crippen molar-refractivity contribution in [3.05, 3.63) is 64.9 Å². The van der Waals surface area contributed by atoms with Crippen LogP contribution in [0.4, 0.5) is 4.39 Å². The molecule has 4 rings (SSSR count). The third kappa shape index (κ3) is 4.40. The summed E-state index contributed by atoms with van der Waals surface area (Å²) in [4.78, 5) is 26.4. The molecule has 0 unspecified atom stereocenters. The van der Waals surface area contributed by atoms with E-state index in [-0.39, 0.29) is 43.4 Å². The molecule has 8 nitrogen and oxygen atoms in total. The first-order valence-corrected chi connectivity index (χ1v) is 11.4. The van der Waals surface area contributed by atoms with Gasteiger partial charge in [-0.25, -0.2) is 17.6 Å². The first-order valence-electron chi connectivity index (χ1n) is 9.98. The fraction of sp³-hybridized carbons (Fsp3) is 0.333. The molecule has 0 bridgehead atoms. The Balaban J connectivity index is 1.40. The Morgan fingerprint density at radius 1 is 1.00 bits per heavy atom. The van der Waals surface area contributed by atoms with Crippen molar-refractivity contribution in [2.24, 2.45) is 0 Å². The SMILES string of the molecule is O=C(CCn1c(=O)oc2ccccc21)N1CCCN(S(=O)(=O)c2ccc(F)cc2)CC1. The standard InChI is InChI=1S/C21H22FN3O5S/c22-16-6-8-17(9-7-16)31(28,29)24-12-3-11-23(14-15-24)20(26)10-13-25-18-4-1-2-5-19(18)30-21(25)27/h1-2,4-9H,3,10-15H2. The summed E-state index contributed by atoms with van der Waals surface area (Å²) < 4.78 is 46.7. The monoisotopic (exact) mass is 447 g/mol. The van der Waals surface area contributed by atoms with Crippen LogP contribution in [0, 0.1) is 5.82 Å². The van der Waals surface area contributed by atoms with Gasteiger partial charge in [-0.15, -0.1) is 0 Å². The lowest BCUT2D eigenvalue weighted by Gasteiger charge is -2.22. The number of oxazole rings is 1. The van der Waals surface area contributed by atoms with Gasteiger partial charge in [-0.05, 0) is 42.8 Å². The smallest absolute Gasteiger partial charge is 0.408 e. The zero-order valence-corrected chi connectivity index (χ0v) is 17.6. The van der Waals surface area contributed by atoms with Crippen LogP contribution in [0.5, 0.6) is 0 Å². The van der Waals surface area contributed by atoms with E-state index in [9.17, 15) is 22.4 Å². The van der Waals surface area contributed by atoms with Crippen molar-refractivity contribution in [2.75, 3.05) is 26.2 Å². The second-order valence-electron chi connectivity index (χ2n) is 7.33. The summed E-state index contributed by atoms with van der Waals surface area (Å²) in [6, 6.07) is 11.7. The van der Waals surface area contributed by atoms with Gasteiger partial charge in [0.2, 0.25) is 15.9 Å². The molecule has 164 valence electrons. The van der Waals surface area contributed by atoms with E-state index in [4.69, 9.17) is 4.42 Å². The van der Waals surface area contributed by atoms with Crippen molar-refractivity contribution < 1.29 is 22.0 Å². The maximum Gasteiger partial charge on any atom is 0.419 e. The minimum Gasteiger partial charge on any atom is -0.408 e. The lowest BCUT2D eigenvalue weighted by atomic mass is 10.3. The highest BCUT2D eigenvalue weighted by molar-refractivity contribution is 7.89. The van der Waals surface area contributed by atoms with Gasteiger partial charge in [0.1, 0.15) is 5.82 Å². The Labute approximate surface area is 178 Å². The number of para-hydroxylation sites is 2. The second-order valence-corrected chi connectivity index (χ2v) is 9.27. The molecule has 10 heteroatoms. The van der Waals surface area contributed by atoms with E-state index in [0.717, 1.165) is 12.1 Å². The van der Waals surface area contributed by atoms with Gasteiger partial charge in [-0.2, -0.15) is 4.31 Å². The number of nitrogens with zero attached hydrogens (tertiary/aromatic N) is 3. The fourth-order valence-corrected chi connectivity index (χ4v) is 5.20. The predicted octanol–water partition coefficient (Wildman–Crippen LogP) is 2.05. The van der Waals surface area contributed by atoms with E-state index in [0.29, 0.717) is 24.1 Å². The van der Waals surface area contributed by atoms with Crippen LogP contribution >= 0.6 is 0 Å². The molecule has 1 saturated heterocycles. The maximum atomic E-state index is 13.1. The van der Waals surface area contributed by atoms with Crippen LogP contribution in [0.15, 0.2) is 62.6 Å². The highest BCUT2D eigenvalue weighted by atomic mass is 32.2. The molecule has 0 atom stereocenters. The van der Waals surface area contributed by atoms with E-state index in [2.05, 4.69) is 0 Å². The van der Waals surface area contributed by atoms with Crippen LogP contribution in [0.25, 0.3) is 11.1 Å². The van der Waals surface area contributed by atoms with Crippen molar-refractivity contribution in [3.8, 4) is 0 Å². The highest BCUT2D eigenvalue weighted by Gasteiger charge is 2.28. The Morgan fingerprint density at radius 3 is 2.52 bits per heavy atom. The van der Waals surface area contributed by atoms with Gasteiger partial charge < -0.3 is 9.32 Å². The van der Waals surface area contributed by atoms with Crippen molar-refractivity contribution in [3.63, 3.8) is 0 Å². The summed E-state index contributed by atoms with van der Waals surface area (Å²) >= 11 is 0. The first-order chi connectivity index (χ1) is 14.9. The van der Waals surface area contributed by atoms with Crippen molar-refractivity contribution in [1.82, 2.24) is 13.8 Å². The first kappa shape index (κ1) is 21.3. The fourth-order valence-electron chi connectivity index (χ4n) is 3.73. The molecule has 1 amide bonds. The zero-order valence-electron chi connectivity index (χ0n) is 16.7. The van der Waals surface area contributed by atoms with Gasteiger partial charge in [-0.3, -0.25) is 9.36 Å². The molecule has 1 aromatic heterocycles. The predicted molar refractivity (Wildman–Crippen MR) is 111 cm³/mol. The number of aromatic nitrogens is 1. The molecule has 0 N–H and O–H groups in total. The van der Waals surface area contributed by atoms with Crippen molar-refractivity contribution >= 4 is 27.0 Å². The molecule has 0 radical (unpaired) electrons. The molecule has 2 aromatic carbocycles. The summed E-state index contributed by atoms with van der Waals surface area (Å²) in [5.74, 6) is -1.17. The second kappa shape index (κ2) is 8.64. The van der Waals surface area contributed by atoms with E-state index in [1.165, 1.54) is 21.0 Å². The molecule has 2 heterocycles. The van der Waals surface area contributed by atoms with Crippen molar-refractivity contribution in [1.29, 1.82) is 0 Å². The third-order valence-corrected chi connectivity index (χ3v) is 7.29. The van der Waals surface area contributed by atoms with Gasteiger partial charge in [-0.1, -0.05) is 12.1 Å². The summed E-state index contributed by atoms with van der Waals surface area (Å²) in [6.45, 7) is 1.29. The minimum absolute atomic E-state index is 0.0277. The lowest BCUT2D eigenvalue weighted by Crippen LogP contribution is -2.37. The van der Waals surface area contributed by atoms with Gasteiger partial charge >= 0.3 is 5.76 Å². The number of rotatable bonds is 5. The Hall–Kier alpha value is -2.98. The molecule has 0 aliphatic carbocycles. The van der Waals surface area contributed by atoms with Crippen LogP contribution < -0.4 is 5.76 Å². The molecule has 1 aliphatic rings. The highest BCUT2D eigenvalue weighted by Crippen LogP contribution is 2.19. The van der Waals surface area contributed by atoms with Crippen LogP contribution in [-0.2, 0) is 21.4 Å². The number of hydrogen-bond acceptors (Lipinski definition) is 5. The normalized spacial score (nSPS) is 15.8. The Kier molecular flexibility index (Phi) is 5.92. The number of aryl methyl sites for hydroxylation is 1. The molecule has 3 aromatic rings. The van der Waals surface area contributed by atoms with E-state index in [1.807, 2.05) is 0 Å². The van der Waals surface area contributed by atoms with Crippen molar-refractivity contribution in [2.45, 2.75) is 24.3 Å². The molecule has 1 fully saturated rings.